The highest BCUT2D eigenvalue weighted by molar-refractivity contribution is 5.51. The lowest BCUT2D eigenvalue weighted by Crippen LogP contribution is -1.95. The van der Waals surface area contributed by atoms with E-state index in [2.05, 4.69) is 0 Å². The molecule has 0 heterocycles. The SMILES string of the molecule is CCc1c(C)c(OC)cc(C)c1O. The maximum atomic E-state index is 9.74. The third kappa shape index (κ3) is 1.62. The number of phenolic OH excluding ortho intramolecular Hbond substituents is 1. The molecule has 0 aliphatic heterocycles. The van der Waals surface area contributed by atoms with Crippen LogP contribution in [0.15, 0.2) is 6.07 Å². The molecule has 1 rings (SSSR count). The highest BCUT2D eigenvalue weighted by Gasteiger charge is 2.10. The summed E-state index contributed by atoms with van der Waals surface area (Å²) >= 11 is 0. The van der Waals surface area contributed by atoms with Gasteiger partial charge in [-0.15, -0.1) is 0 Å². The van der Waals surface area contributed by atoms with Gasteiger partial charge in [0.15, 0.2) is 0 Å². The molecule has 2 nitrogen and oxygen atoms in total. The molecule has 1 aromatic carbocycles. The van der Waals surface area contributed by atoms with E-state index >= 15 is 0 Å². The van der Waals surface area contributed by atoms with E-state index in [0.29, 0.717) is 5.75 Å². The molecule has 0 aliphatic rings. The van der Waals surface area contributed by atoms with Crippen LogP contribution in [0, 0.1) is 13.8 Å². The molecule has 0 aliphatic carbocycles. The highest BCUT2D eigenvalue weighted by Crippen LogP contribution is 2.32. The Morgan fingerprint density at radius 2 is 2.00 bits per heavy atom. The first-order valence-corrected chi connectivity index (χ1v) is 4.47. The van der Waals surface area contributed by atoms with Crippen molar-refractivity contribution in [2.24, 2.45) is 0 Å². The molecule has 0 spiro atoms. The summed E-state index contributed by atoms with van der Waals surface area (Å²) in [5, 5.41) is 9.74. The molecule has 1 N–H and O–H groups in total. The zero-order valence-corrected chi connectivity index (χ0v) is 8.64. The van der Waals surface area contributed by atoms with Crippen LogP contribution >= 0.6 is 0 Å². The van der Waals surface area contributed by atoms with Crippen LogP contribution in [0.3, 0.4) is 0 Å². The summed E-state index contributed by atoms with van der Waals surface area (Å²) in [6.45, 7) is 5.88. The third-order valence-electron chi connectivity index (χ3n) is 2.40. The van der Waals surface area contributed by atoms with Gasteiger partial charge in [-0.1, -0.05) is 6.92 Å². The Hall–Kier alpha value is -1.18. The lowest BCUT2D eigenvalue weighted by molar-refractivity contribution is 0.406. The van der Waals surface area contributed by atoms with Crippen molar-refractivity contribution in [3.05, 3.63) is 22.8 Å². The van der Waals surface area contributed by atoms with Crippen LogP contribution in [0.25, 0.3) is 0 Å². The zero-order chi connectivity index (χ0) is 10.0. The van der Waals surface area contributed by atoms with Gasteiger partial charge in [-0.25, -0.2) is 0 Å². The number of hydrogen-bond donors (Lipinski definition) is 1. The average Bonchev–Trinajstić information content (AvgIpc) is 2.12. The fourth-order valence-electron chi connectivity index (χ4n) is 1.58. The Morgan fingerprint density at radius 1 is 1.38 bits per heavy atom. The van der Waals surface area contributed by atoms with Crippen LogP contribution in [-0.2, 0) is 6.42 Å². The Balaban J connectivity index is 3.39. The van der Waals surface area contributed by atoms with Gasteiger partial charge in [0.2, 0.25) is 0 Å². The van der Waals surface area contributed by atoms with Gasteiger partial charge >= 0.3 is 0 Å². The number of ether oxygens (including phenoxy) is 1. The smallest absolute Gasteiger partial charge is 0.122 e. The van der Waals surface area contributed by atoms with Crippen molar-refractivity contribution in [2.45, 2.75) is 27.2 Å². The first-order chi connectivity index (χ1) is 6.11. The van der Waals surface area contributed by atoms with Crippen molar-refractivity contribution in [1.29, 1.82) is 0 Å². The molecule has 0 fully saturated rings. The summed E-state index contributed by atoms with van der Waals surface area (Å²) in [6, 6.07) is 1.86. The molecule has 0 aromatic heterocycles. The van der Waals surface area contributed by atoms with Crippen molar-refractivity contribution in [1.82, 2.24) is 0 Å². The van der Waals surface area contributed by atoms with Crippen molar-refractivity contribution in [2.75, 3.05) is 7.11 Å². The second-order valence-electron chi connectivity index (χ2n) is 3.20. The molecule has 2 heteroatoms. The second-order valence-corrected chi connectivity index (χ2v) is 3.20. The van der Waals surface area contributed by atoms with E-state index in [1.165, 1.54) is 0 Å². The summed E-state index contributed by atoms with van der Waals surface area (Å²) in [5.74, 6) is 1.26. The van der Waals surface area contributed by atoms with E-state index in [-0.39, 0.29) is 0 Å². The maximum absolute atomic E-state index is 9.74. The summed E-state index contributed by atoms with van der Waals surface area (Å²) in [6.07, 6.45) is 0.829. The van der Waals surface area contributed by atoms with E-state index < -0.39 is 0 Å². The first kappa shape index (κ1) is 9.90. The van der Waals surface area contributed by atoms with Gasteiger partial charge in [-0.2, -0.15) is 0 Å². The molecule has 0 saturated heterocycles. The average molecular weight is 180 g/mol. The molecule has 0 radical (unpaired) electrons. The van der Waals surface area contributed by atoms with Crippen LogP contribution in [0.5, 0.6) is 11.5 Å². The molecule has 1 aromatic rings. The zero-order valence-electron chi connectivity index (χ0n) is 8.64. The predicted octanol–water partition coefficient (Wildman–Crippen LogP) is 2.58. The lowest BCUT2D eigenvalue weighted by Gasteiger charge is -2.13. The number of phenols is 1. The molecular weight excluding hydrogens is 164 g/mol. The Bertz CT molecular complexity index is 316. The maximum Gasteiger partial charge on any atom is 0.122 e. The Morgan fingerprint density at radius 3 is 2.46 bits per heavy atom. The van der Waals surface area contributed by atoms with Gasteiger partial charge in [-0.05, 0) is 37.5 Å². The van der Waals surface area contributed by atoms with Crippen LogP contribution in [0.4, 0.5) is 0 Å². The lowest BCUT2D eigenvalue weighted by atomic mass is 10.0. The number of benzene rings is 1. The minimum atomic E-state index is 0.404. The minimum absolute atomic E-state index is 0.404. The van der Waals surface area contributed by atoms with Crippen LogP contribution in [0.2, 0.25) is 0 Å². The topological polar surface area (TPSA) is 29.5 Å². The Kier molecular flexibility index (Phi) is 2.81. The van der Waals surface area contributed by atoms with Crippen molar-refractivity contribution in [3.8, 4) is 11.5 Å². The summed E-state index contributed by atoms with van der Waals surface area (Å²) < 4.78 is 5.21. The van der Waals surface area contributed by atoms with Crippen molar-refractivity contribution >= 4 is 0 Å². The largest absolute Gasteiger partial charge is 0.507 e. The number of methoxy groups -OCH3 is 1. The molecule has 72 valence electrons. The van der Waals surface area contributed by atoms with Gasteiger partial charge in [0.05, 0.1) is 7.11 Å². The van der Waals surface area contributed by atoms with E-state index in [0.717, 1.165) is 28.9 Å². The van der Waals surface area contributed by atoms with Gasteiger partial charge in [0, 0.05) is 5.56 Å². The number of aromatic hydroxyl groups is 1. The molecule has 13 heavy (non-hydrogen) atoms. The molecule has 0 saturated carbocycles. The quantitative estimate of drug-likeness (QED) is 0.758. The first-order valence-electron chi connectivity index (χ1n) is 4.47. The van der Waals surface area contributed by atoms with Crippen LogP contribution < -0.4 is 4.74 Å². The van der Waals surface area contributed by atoms with Crippen LogP contribution in [0.1, 0.15) is 23.6 Å². The molecular formula is C11H16O2. The minimum Gasteiger partial charge on any atom is -0.507 e. The Labute approximate surface area is 79.2 Å². The predicted molar refractivity (Wildman–Crippen MR) is 53.5 cm³/mol. The summed E-state index contributed by atoms with van der Waals surface area (Å²) in [5.41, 5.74) is 2.89. The van der Waals surface area contributed by atoms with Crippen molar-refractivity contribution in [3.63, 3.8) is 0 Å². The van der Waals surface area contributed by atoms with Gasteiger partial charge in [0.1, 0.15) is 11.5 Å². The molecule has 0 unspecified atom stereocenters. The van der Waals surface area contributed by atoms with Crippen molar-refractivity contribution < 1.29 is 9.84 Å². The number of hydrogen-bond acceptors (Lipinski definition) is 2. The normalized spacial score (nSPS) is 10.2. The number of rotatable bonds is 2. The third-order valence-corrected chi connectivity index (χ3v) is 2.40. The van der Waals surface area contributed by atoms with Gasteiger partial charge in [-0.3, -0.25) is 0 Å². The fourth-order valence-corrected chi connectivity index (χ4v) is 1.58. The van der Waals surface area contributed by atoms with E-state index in [9.17, 15) is 5.11 Å². The highest BCUT2D eigenvalue weighted by atomic mass is 16.5. The fraction of sp³-hybridized carbons (Fsp3) is 0.455. The number of aryl methyl sites for hydroxylation is 1. The van der Waals surface area contributed by atoms with Gasteiger partial charge < -0.3 is 9.84 Å². The molecule has 0 bridgehead atoms. The monoisotopic (exact) mass is 180 g/mol. The summed E-state index contributed by atoms with van der Waals surface area (Å²) in [4.78, 5) is 0. The van der Waals surface area contributed by atoms with E-state index in [1.54, 1.807) is 7.11 Å². The molecule has 0 amide bonds. The molecule has 0 atom stereocenters. The summed E-state index contributed by atoms with van der Waals surface area (Å²) in [7, 11) is 1.65. The van der Waals surface area contributed by atoms with Crippen LogP contribution in [-0.4, -0.2) is 12.2 Å². The second kappa shape index (κ2) is 3.69. The van der Waals surface area contributed by atoms with E-state index in [4.69, 9.17) is 4.74 Å². The van der Waals surface area contributed by atoms with E-state index in [1.807, 2.05) is 26.8 Å². The standard InChI is InChI=1S/C11H16O2/c1-5-9-8(3)10(13-4)6-7(2)11(9)12/h6,12H,5H2,1-4H3. The van der Waals surface area contributed by atoms with Gasteiger partial charge in [0.25, 0.3) is 0 Å².